The van der Waals surface area contributed by atoms with Gasteiger partial charge in [0.2, 0.25) is 5.91 Å². The Morgan fingerprint density at radius 2 is 1.83 bits per heavy atom. The van der Waals surface area contributed by atoms with Crippen molar-refractivity contribution < 1.29 is 4.79 Å². The van der Waals surface area contributed by atoms with Crippen LogP contribution in [-0.2, 0) is 17.8 Å². The van der Waals surface area contributed by atoms with E-state index in [1.165, 1.54) is 11.3 Å². The summed E-state index contributed by atoms with van der Waals surface area (Å²) in [4.78, 5) is 29.7. The molecule has 1 amide bonds. The number of carbonyl (C=O) groups is 1. The summed E-state index contributed by atoms with van der Waals surface area (Å²) in [6.45, 7) is 11.8. The molecule has 0 aliphatic carbocycles. The summed E-state index contributed by atoms with van der Waals surface area (Å²) >= 11 is 1.75. The Balaban J connectivity index is 0.00000300. The van der Waals surface area contributed by atoms with Crippen molar-refractivity contribution in [2.45, 2.75) is 46.1 Å². The van der Waals surface area contributed by atoms with Gasteiger partial charge in [0.25, 0.3) is 0 Å². The van der Waals surface area contributed by atoms with Crippen LogP contribution in [0.1, 0.15) is 43.0 Å². The van der Waals surface area contributed by atoms with Gasteiger partial charge in [-0.3, -0.25) is 9.69 Å². The van der Waals surface area contributed by atoms with Crippen LogP contribution in [0.3, 0.4) is 0 Å². The highest BCUT2D eigenvalue weighted by atomic mass is 127. The highest BCUT2D eigenvalue weighted by Gasteiger charge is 2.24. The van der Waals surface area contributed by atoms with Gasteiger partial charge in [-0.15, -0.1) is 35.3 Å². The number of aromatic nitrogens is 1. The first-order chi connectivity index (χ1) is 13.7. The molecule has 3 heterocycles. The summed E-state index contributed by atoms with van der Waals surface area (Å²) in [5, 5.41) is 4.48. The average Bonchev–Trinajstić information content (AvgIpc) is 3.20. The van der Waals surface area contributed by atoms with Gasteiger partial charge in [-0.05, 0) is 32.6 Å². The maximum absolute atomic E-state index is 12.5. The predicted molar refractivity (Wildman–Crippen MR) is 130 cm³/mol. The lowest BCUT2D eigenvalue weighted by molar-refractivity contribution is -0.133. The minimum atomic E-state index is 0. The molecule has 0 radical (unpaired) electrons. The van der Waals surface area contributed by atoms with E-state index in [-0.39, 0.29) is 24.0 Å². The van der Waals surface area contributed by atoms with Gasteiger partial charge in [0.15, 0.2) is 5.96 Å². The lowest BCUT2D eigenvalue weighted by Gasteiger charge is -2.37. The number of carbonyl (C=O) groups excluding carboxylic acids is 1. The van der Waals surface area contributed by atoms with Crippen molar-refractivity contribution in [1.29, 1.82) is 0 Å². The second-order valence-electron chi connectivity index (χ2n) is 7.45. The van der Waals surface area contributed by atoms with Crippen LogP contribution in [0.4, 0.5) is 0 Å². The molecule has 164 valence electrons. The number of halogens is 1. The number of thiazole rings is 1. The van der Waals surface area contributed by atoms with Gasteiger partial charge in [0.05, 0.1) is 13.1 Å². The third-order valence-corrected chi connectivity index (χ3v) is 6.51. The van der Waals surface area contributed by atoms with Crippen LogP contribution in [-0.4, -0.2) is 83.9 Å². The molecule has 9 heteroatoms. The van der Waals surface area contributed by atoms with Crippen LogP contribution in [0.2, 0.25) is 0 Å². The zero-order valence-electron chi connectivity index (χ0n) is 17.7. The number of nitrogens with zero attached hydrogens (tertiary/aromatic N) is 5. The molecule has 2 aliphatic rings. The number of amides is 1. The molecule has 29 heavy (non-hydrogen) atoms. The standard InChI is InChI=1S/C20H34N6OS.HI/c1-3-17-14-22-18(28-17)15-23-20(21-4-2)26-12-10-24(11-13-26)16-19(27)25-8-6-5-7-9-25;/h14H,3-13,15-16H2,1-2H3,(H,21,23);1H. The Morgan fingerprint density at radius 3 is 2.45 bits per heavy atom. The monoisotopic (exact) mass is 534 g/mol. The average molecular weight is 535 g/mol. The van der Waals surface area contributed by atoms with E-state index in [2.05, 4.69) is 33.9 Å². The summed E-state index contributed by atoms with van der Waals surface area (Å²) < 4.78 is 0. The molecule has 2 fully saturated rings. The molecule has 1 N–H and O–H groups in total. The van der Waals surface area contributed by atoms with Crippen LogP contribution in [0.15, 0.2) is 11.2 Å². The molecule has 0 saturated carbocycles. The number of hydrogen-bond acceptors (Lipinski definition) is 5. The molecule has 2 saturated heterocycles. The highest BCUT2D eigenvalue weighted by molar-refractivity contribution is 14.0. The van der Waals surface area contributed by atoms with E-state index in [0.29, 0.717) is 19.0 Å². The van der Waals surface area contributed by atoms with Gasteiger partial charge in [-0.2, -0.15) is 0 Å². The highest BCUT2D eigenvalue weighted by Crippen LogP contribution is 2.15. The SMILES string of the molecule is CCNC(=NCc1ncc(CC)s1)N1CCN(CC(=O)N2CCCCC2)CC1.I. The molecule has 1 aromatic rings. The molecule has 7 nitrogen and oxygen atoms in total. The summed E-state index contributed by atoms with van der Waals surface area (Å²) in [6.07, 6.45) is 6.55. The fraction of sp³-hybridized carbons (Fsp3) is 0.750. The molecule has 1 aromatic heterocycles. The van der Waals surface area contributed by atoms with E-state index >= 15 is 0 Å². The first-order valence-corrected chi connectivity index (χ1v) is 11.5. The van der Waals surface area contributed by atoms with Crippen molar-refractivity contribution in [1.82, 2.24) is 25.0 Å². The second kappa shape index (κ2) is 12.7. The third-order valence-electron chi connectivity index (χ3n) is 5.39. The van der Waals surface area contributed by atoms with E-state index in [1.54, 1.807) is 11.3 Å². The maximum atomic E-state index is 12.5. The third kappa shape index (κ3) is 7.36. The fourth-order valence-electron chi connectivity index (χ4n) is 3.71. The minimum Gasteiger partial charge on any atom is -0.357 e. The largest absolute Gasteiger partial charge is 0.357 e. The Bertz CT molecular complexity index is 653. The van der Waals surface area contributed by atoms with Crippen LogP contribution >= 0.6 is 35.3 Å². The molecule has 3 rings (SSSR count). The summed E-state index contributed by atoms with van der Waals surface area (Å²) in [5.41, 5.74) is 0. The van der Waals surface area contributed by atoms with Crippen LogP contribution in [0.5, 0.6) is 0 Å². The van der Waals surface area contributed by atoms with Crippen molar-refractivity contribution in [3.8, 4) is 0 Å². The van der Waals surface area contributed by atoms with E-state index in [4.69, 9.17) is 4.99 Å². The van der Waals surface area contributed by atoms with Gasteiger partial charge >= 0.3 is 0 Å². The van der Waals surface area contributed by atoms with E-state index < -0.39 is 0 Å². The van der Waals surface area contributed by atoms with E-state index in [0.717, 1.165) is 76.0 Å². The Morgan fingerprint density at radius 1 is 1.10 bits per heavy atom. The Kier molecular flexibility index (Phi) is 10.6. The normalized spacial score (nSPS) is 18.5. The molecule has 0 bridgehead atoms. The van der Waals surface area contributed by atoms with Gasteiger partial charge in [-0.25, -0.2) is 9.98 Å². The zero-order valence-corrected chi connectivity index (χ0v) is 20.9. The topological polar surface area (TPSA) is 64.1 Å². The van der Waals surface area contributed by atoms with Crippen molar-refractivity contribution in [3.63, 3.8) is 0 Å². The first-order valence-electron chi connectivity index (χ1n) is 10.7. The molecular formula is C20H35IN6OS. The predicted octanol–water partition coefficient (Wildman–Crippen LogP) is 2.42. The van der Waals surface area contributed by atoms with E-state index in [1.807, 2.05) is 11.1 Å². The van der Waals surface area contributed by atoms with Crippen LogP contribution in [0.25, 0.3) is 0 Å². The first kappa shape index (κ1) is 24.3. The molecular weight excluding hydrogens is 499 g/mol. The van der Waals surface area contributed by atoms with Crippen LogP contribution in [0, 0.1) is 0 Å². The number of aryl methyl sites for hydroxylation is 1. The van der Waals surface area contributed by atoms with Gasteiger partial charge in [-0.1, -0.05) is 6.92 Å². The van der Waals surface area contributed by atoms with Crippen molar-refractivity contribution in [2.75, 3.05) is 52.4 Å². The lowest BCUT2D eigenvalue weighted by Crippen LogP contribution is -2.54. The second-order valence-corrected chi connectivity index (χ2v) is 8.65. The number of likely N-dealkylation sites (tertiary alicyclic amines) is 1. The molecule has 0 spiro atoms. The van der Waals surface area contributed by atoms with Crippen molar-refractivity contribution in [2.24, 2.45) is 4.99 Å². The van der Waals surface area contributed by atoms with Gasteiger partial charge < -0.3 is 15.1 Å². The lowest BCUT2D eigenvalue weighted by atomic mass is 10.1. The molecule has 2 aliphatic heterocycles. The van der Waals surface area contributed by atoms with Gasteiger partial charge in [0.1, 0.15) is 5.01 Å². The van der Waals surface area contributed by atoms with Gasteiger partial charge in [0, 0.05) is 56.9 Å². The zero-order chi connectivity index (χ0) is 19.8. The number of piperazine rings is 1. The number of aliphatic imine (C=N–C) groups is 1. The Labute approximate surface area is 196 Å². The maximum Gasteiger partial charge on any atom is 0.236 e. The summed E-state index contributed by atoms with van der Waals surface area (Å²) in [7, 11) is 0. The van der Waals surface area contributed by atoms with Crippen molar-refractivity contribution in [3.05, 3.63) is 16.1 Å². The summed E-state index contributed by atoms with van der Waals surface area (Å²) in [6, 6.07) is 0. The quantitative estimate of drug-likeness (QED) is 0.345. The summed E-state index contributed by atoms with van der Waals surface area (Å²) in [5.74, 6) is 1.25. The number of hydrogen-bond donors (Lipinski definition) is 1. The Hall–Kier alpha value is -0.940. The number of guanidine groups is 1. The number of nitrogens with one attached hydrogen (secondary N) is 1. The molecule has 0 atom stereocenters. The number of piperidine rings is 1. The van der Waals surface area contributed by atoms with Crippen molar-refractivity contribution >= 4 is 47.2 Å². The smallest absolute Gasteiger partial charge is 0.236 e. The minimum absolute atomic E-state index is 0. The van der Waals surface area contributed by atoms with E-state index in [9.17, 15) is 4.79 Å². The molecule has 0 unspecified atom stereocenters. The molecule has 0 aromatic carbocycles. The number of rotatable bonds is 6. The van der Waals surface area contributed by atoms with Crippen LogP contribution < -0.4 is 5.32 Å². The fourth-order valence-corrected chi connectivity index (χ4v) is 4.49.